The molecule has 5 nitrogen and oxygen atoms in total. The number of alkyl halides is 6. The van der Waals surface area contributed by atoms with Crippen molar-refractivity contribution in [3.63, 3.8) is 0 Å². The Bertz CT molecular complexity index is 788. The number of ether oxygens (including phenoxy) is 1. The van der Waals surface area contributed by atoms with Crippen molar-refractivity contribution < 1.29 is 35.9 Å². The minimum atomic E-state index is -4.95. The molecule has 0 heterocycles. The maximum atomic E-state index is 12.9. The van der Waals surface area contributed by atoms with Crippen LogP contribution in [0.2, 0.25) is 0 Å². The van der Waals surface area contributed by atoms with Crippen LogP contribution < -0.4 is 16.0 Å². The predicted molar refractivity (Wildman–Crippen MR) is 107 cm³/mol. The van der Waals surface area contributed by atoms with Crippen LogP contribution in [0.3, 0.4) is 0 Å². The average molecular weight is 471 g/mol. The van der Waals surface area contributed by atoms with Crippen LogP contribution in [0.25, 0.3) is 0 Å². The lowest BCUT2D eigenvalue weighted by Gasteiger charge is -2.37. The molecule has 1 aliphatic carbocycles. The number of hydrogen-bond acceptors (Lipinski definition) is 3. The molecule has 31 heavy (non-hydrogen) atoms. The third-order valence-corrected chi connectivity index (χ3v) is 4.74. The third kappa shape index (κ3) is 7.75. The zero-order chi connectivity index (χ0) is 23.6. The quantitative estimate of drug-likeness (QED) is 0.410. The molecule has 1 aromatic rings. The van der Waals surface area contributed by atoms with E-state index in [1.54, 1.807) is 20.8 Å². The van der Waals surface area contributed by atoms with Crippen molar-refractivity contribution in [2.24, 2.45) is 5.92 Å². The Morgan fingerprint density at radius 3 is 2.00 bits per heavy atom. The van der Waals surface area contributed by atoms with Gasteiger partial charge in [0, 0.05) is 18.3 Å². The van der Waals surface area contributed by atoms with Crippen molar-refractivity contribution in [2.75, 3.05) is 11.9 Å². The van der Waals surface area contributed by atoms with Gasteiger partial charge in [-0.15, -0.1) is 0 Å². The molecular weight excluding hydrogens is 448 g/mol. The molecule has 1 amide bonds. The fourth-order valence-corrected chi connectivity index (χ4v) is 3.09. The molecule has 1 aliphatic rings. The Morgan fingerprint density at radius 2 is 1.58 bits per heavy atom. The number of alkyl carbamates (subject to hydrolysis) is 1. The van der Waals surface area contributed by atoms with Crippen molar-refractivity contribution in [1.82, 2.24) is 10.6 Å². The highest BCUT2D eigenvalue weighted by molar-refractivity contribution is 7.80. The summed E-state index contributed by atoms with van der Waals surface area (Å²) in [5.74, 6) is -0.0143. The molecular formula is C19H23F6N3O2S. The second-order valence-electron chi connectivity index (χ2n) is 8.22. The number of thiocarbonyl (C=S) groups is 1. The Balaban J connectivity index is 1.95. The summed E-state index contributed by atoms with van der Waals surface area (Å²) in [6.45, 7) is 5.47. The number of carbonyl (C=O) groups excluding carboxylic acids is 1. The van der Waals surface area contributed by atoms with E-state index >= 15 is 0 Å². The van der Waals surface area contributed by atoms with Crippen LogP contribution in [-0.4, -0.2) is 29.4 Å². The lowest BCUT2D eigenvalue weighted by atomic mass is 9.79. The van der Waals surface area contributed by atoms with Gasteiger partial charge in [0.05, 0.1) is 11.1 Å². The number of nitrogens with one attached hydrogen (secondary N) is 3. The third-order valence-electron chi connectivity index (χ3n) is 4.49. The minimum absolute atomic E-state index is 0.0143. The molecule has 3 N–H and O–H groups in total. The second kappa shape index (κ2) is 9.09. The number of anilines is 1. The van der Waals surface area contributed by atoms with Gasteiger partial charge in [0.2, 0.25) is 0 Å². The van der Waals surface area contributed by atoms with Gasteiger partial charge in [-0.1, -0.05) is 0 Å². The van der Waals surface area contributed by atoms with Crippen LogP contribution >= 0.6 is 12.2 Å². The standard InChI is InChI=1S/C19H23F6N3O2S/c1-17(2,3)30-16(29)28-14-5-4-10(14)9-26-15(31)27-13-7-11(18(20,21)22)6-12(8-13)19(23,24)25/h6-8,10,14H,4-5,9H2,1-3H3,(H,28,29)(H2,26,27,31)/t10-,14+/m1/s1. The van der Waals surface area contributed by atoms with Gasteiger partial charge in [-0.2, -0.15) is 26.3 Å². The molecule has 0 saturated heterocycles. The molecule has 0 spiro atoms. The maximum Gasteiger partial charge on any atom is 0.416 e. The summed E-state index contributed by atoms with van der Waals surface area (Å²) >= 11 is 5.00. The second-order valence-corrected chi connectivity index (χ2v) is 8.63. The first-order valence-corrected chi connectivity index (χ1v) is 9.79. The van der Waals surface area contributed by atoms with E-state index in [-0.39, 0.29) is 29.7 Å². The van der Waals surface area contributed by atoms with E-state index in [0.717, 1.165) is 6.42 Å². The van der Waals surface area contributed by atoms with E-state index in [9.17, 15) is 31.1 Å². The van der Waals surface area contributed by atoms with Gasteiger partial charge in [-0.3, -0.25) is 0 Å². The summed E-state index contributed by atoms with van der Waals surface area (Å²) in [7, 11) is 0. The normalized spacial score (nSPS) is 19.3. The van der Waals surface area contributed by atoms with E-state index in [1.165, 1.54) is 0 Å². The summed E-state index contributed by atoms with van der Waals surface area (Å²) in [4.78, 5) is 11.8. The topological polar surface area (TPSA) is 62.4 Å². The van der Waals surface area contributed by atoms with Gasteiger partial charge in [0.1, 0.15) is 5.60 Å². The van der Waals surface area contributed by atoms with Crippen LogP contribution in [0.4, 0.5) is 36.8 Å². The monoisotopic (exact) mass is 471 g/mol. The van der Waals surface area contributed by atoms with E-state index < -0.39 is 40.9 Å². The van der Waals surface area contributed by atoms with E-state index in [2.05, 4.69) is 16.0 Å². The molecule has 1 aromatic carbocycles. The molecule has 0 radical (unpaired) electrons. The first-order valence-electron chi connectivity index (χ1n) is 9.38. The van der Waals surface area contributed by atoms with Crippen LogP contribution in [-0.2, 0) is 17.1 Å². The molecule has 1 saturated carbocycles. The first-order chi connectivity index (χ1) is 14.0. The van der Waals surface area contributed by atoms with Crippen LogP contribution in [0.5, 0.6) is 0 Å². The molecule has 174 valence electrons. The summed E-state index contributed by atoms with van der Waals surface area (Å²) in [5, 5.41) is 7.73. The van der Waals surface area contributed by atoms with Crippen molar-refractivity contribution in [3.05, 3.63) is 29.3 Å². The van der Waals surface area contributed by atoms with E-state index in [1.807, 2.05) is 0 Å². The summed E-state index contributed by atoms with van der Waals surface area (Å²) in [5.41, 5.74) is -3.95. The first kappa shape index (κ1) is 25.0. The van der Waals surface area contributed by atoms with Crippen LogP contribution in [0, 0.1) is 5.92 Å². The Morgan fingerprint density at radius 1 is 1.03 bits per heavy atom. The van der Waals surface area contributed by atoms with Crippen LogP contribution in [0.1, 0.15) is 44.7 Å². The average Bonchev–Trinajstić information content (AvgIpc) is 2.55. The molecule has 2 atom stereocenters. The molecule has 0 unspecified atom stereocenters. The van der Waals surface area contributed by atoms with E-state index in [4.69, 9.17) is 17.0 Å². The smallest absolute Gasteiger partial charge is 0.416 e. The van der Waals surface area contributed by atoms with Gasteiger partial charge in [0.25, 0.3) is 0 Å². The SMILES string of the molecule is CC(C)(C)OC(=O)N[C@H]1CC[C@@H]1CNC(=S)Nc1cc(C(F)(F)F)cc(C(F)(F)F)c1. The van der Waals surface area contributed by atoms with Gasteiger partial charge < -0.3 is 20.7 Å². The highest BCUT2D eigenvalue weighted by Crippen LogP contribution is 2.37. The number of hydrogen-bond donors (Lipinski definition) is 3. The number of benzene rings is 1. The molecule has 0 aromatic heterocycles. The minimum Gasteiger partial charge on any atom is -0.444 e. The Kier molecular flexibility index (Phi) is 7.34. The fraction of sp³-hybridized carbons (Fsp3) is 0.579. The Labute approximate surface area is 180 Å². The number of carbonyl (C=O) groups is 1. The van der Waals surface area contributed by atoms with Gasteiger partial charge in [-0.25, -0.2) is 4.79 Å². The molecule has 0 bridgehead atoms. The zero-order valence-electron chi connectivity index (χ0n) is 17.0. The summed E-state index contributed by atoms with van der Waals surface area (Å²) in [6, 6.07) is 0.984. The predicted octanol–water partition coefficient (Wildman–Crippen LogP) is 5.31. The lowest BCUT2D eigenvalue weighted by molar-refractivity contribution is -0.143. The van der Waals surface area contributed by atoms with Crippen molar-refractivity contribution in [2.45, 2.75) is 57.6 Å². The molecule has 12 heteroatoms. The van der Waals surface area contributed by atoms with Crippen LogP contribution in [0.15, 0.2) is 18.2 Å². The largest absolute Gasteiger partial charge is 0.444 e. The fourth-order valence-electron chi connectivity index (χ4n) is 2.89. The van der Waals surface area contributed by atoms with E-state index in [0.29, 0.717) is 18.6 Å². The van der Waals surface area contributed by atoms with Crippen molar-refractivity contribution in [1.29, 1.82) is 0 Å². The highest BCUT2D eigenvalue weighted by atomic mass is 32.1. The van der Waals surface area contributed by atoms with Gasteiger partial charge >= 0.3 is 18.4 Å². The Hall–Kier alpha value is -2.24. The highest BCUT2D eigenvalue weighted by Gasteiger charge is 2.37. The van der Waals surface area contributed by atoms with Gasteiger partial charge in [-0.05, 0) is 69.9 Å². The van der Waals surface area contributed by atoms with Gasteiger partial charge in [0.15, 0.2) is 5.11 Å². The molecule has 0 aliphatic heterocycles. The lowest BCUT2D eigenvalue weighted by Crippen LogP contribution is -2.52. The molecule has 2 rings (SSSR count). The number of rotatable bonds is 4. The summed E-state index contributed by atoms with van der Waals surface area (Å²) < 4.78 is 82.8. The summed E-state index contributed by atoms with van der Waals surface area (Å²) in [6.07, 6.45) is -8.98. The number of amides is 1. The maximum absolute atomic E-state index is 12.9. The molecule has 1 fully saturated rings. The zero-order valence-corrected chi connectivity index (χ0v) is 17.8. The van der Waals surface area contributed by atoms with Crippen molar-refractivity contribution in [3.8, 4) is 0 Å². The number of halogens is 6. The van der Waals surface area contributed by atoms with Crippen molar-refractivity contribution >= 4 is 29.1 Å².